The highest BCUT2D eigenvalue weighted by molar-refractivity contribution is 5.82. The molecule has 0 saturated carbocycles. The number of hydrogen-bond donors (Lipinski definition) is 0. The molecule has 0 N–H and O–H groups in total. The molecule has 2 aliphatic rings. The van der Waals surface area contributed by atoms with Crippen LogP contribution < -0.4 is 0 Å². The van der Waals surface area contributed by atoms with Crippen LogP contribution >= 0.6 is 0 Å². The number of rotatable bonds is 3. The molecule has 5 heteroatoms. The van der Waals surface area contributed by atoms with Crippen LogP contribution in [0.5, 0.6) is 0 Å². The minimum absolute atomic E-state index is 0.0242. The van der Waals surface area contributed by atoms with Crippen molar-refractivity contribution in [2.45, 2.75) is 25.4 Å². The van der Waals surface area contributed by atoms with Crippen molar-refractivity contribution >= 4 is 5.91 Å². The molecule has 1 aromatic carbocycles. The van der Waals surface area contributed by atoms with Crippen LogP contribution in [0.4, 0.5) is 0 Å². The summed E-state index contributed by atoms with van der Waals surface area (Å²) in [6.45, 7) is 4.36. The van der Waals surface area contributed by atoms with Crippen molar-refractivity contribution in [3.05, 3.63) is 35.4 Å². The van der Waals surface area contributed by atoms with E-state index < -0.39 is 0 Å². The minimum atomic E-state index is -0.0242. The summed E-state index contributed by atoms with van der Waals surface area (Å²) in [6.07, 6.45) is 1.98. The molecular formula is C17H21N3O2. The van der Waals surface area contributed by atoms with Crippen LogP contribution in [-0.2, 0) is 16.1 Å². The van der Waals surface area contributed by atoms with Crippen molar-refractivity contribution < 1.29 is 9.53 Å². The number of carbonyl (C=O) groups excluding carboxylic acids is 1. The highest BCUT2D eigenvalue weighted by atomic mass is 16.5. The molecule has 116 valence electrons. The number of morpholine rings is 1. The van der Waals surface area contributed by atoms with E-state index in [9.17, 15) is 4.79 Å². The van der Waals surface area contributed by atoms with Crippen LogP contribution in [-0.4, -0.2) is 54.6 Å². The Morgan fingerprint density at radius 1 is 1.32 bits per heavy atom. The zero-order valence-corrected chi connectivity index (χ0v) is 12.7. The number of benzene rings is 1. The van der Waals surface area contributed by atoms with Gasteiger partial charge in [0.25, 0.3) is 0 Å². The predicted molar refractivity (Wildman–Crippen MR) is 82.0 cm³/mol. The molecule has 0 spiro atoms. The van der Waals surface area contributed by atoms with Crippen LogP contribution in [0.1, 0.15) is 24.0 Å². The predicted octanol–water partition coefficient (Wildman–Crippen LogP) is 1.38. The zero-order valence-electron chi connectivity index (χ0n) is 12.7. The number of nitriles is 1. The van der Waals surface area contributed by atoms with E-state index in [2.05, 4.69) is 11.0 Å². The molecule has 2 heterocycles. The molecular weight excluding hydrogens is 278 g/mol. The van der Waals surface area contributed by atoms with Gasteiger partial charge in [-0.15, -0.1) is 0 Å². The maximum absolute atomic E-state index is 12.7. The largest absolute Gasteiger partial charge is 0.378 e. The van der Waals surface area contributed by atoms with Crippen molar-refractivity contribution in [1.29, 1.82) is 5.26 Å². The lowest BCUT2D eigenvalue weighted by atomic mass is 10.1. The maximum atomic E-state index is 12.7. The lowest BCUT2D eigenvalue weighted by Crippen LogP contribution is -2.49. The fourth-order valence-corrected chi connectivity index (χ4v) is 3.26. The second-order valence-electron chi connectivity index (χ2n) is 5.88. The Balaban J connectivity index is 1.67. The first-order valence-corrected chi connectivity index (χ1v) is 7.87. The fraction of sp³-hybridized carbons (Fsp3) is 0.529. The summed E-state index contributed by atoms with van der Waals surface area (Å²) >= 11 is 0. The summed E-state index contributed by atoms with van der Waals surface area (Å²) in [5.41, 5.74) is 1.77. The van der Waals surface area contributed by atoms with Crippen molar-refractivity contribution in [1.82, 2.24) is 9.80 Å². The van der Waals surface area contributed by atoms with Crippen LogP contribution in [0.25, 0.3) is 0 Å². The summed E-state index contributed by atoms with van der Waals surface area (Å²) in [6, 6.07) is 9.80. The monoisotopic (exact) mass is 299 g/mol. The van der Waals surface area contributed by atoms with E-state index >= 15 is 0 Å². The lowest BCUT2D eigenvalue weighted by Gasteiger charge is -2.32. The molecule has 1 aromatic rings. The van der Waals surface area contributed by atoms with Gasteiger partial charge < -0.3 is 9.64 Å². The van der Waals surface area contributed by atoms with E-state index in [-0.39, 0.29) is 11.9 Å². The molecule has 5 nitrogen and oxygen atoms in total. The number of amides is 1. The van der Waals surface area contributed by atoms with Gasteiger partial charge in [0.15, 0.2) is 0 Å². The Hall–Kier alpha value is -1.90. The molecule has 1 amide bonds. The van der Waals surface area contributed by atoms with Gasteiger partial charge in [-0.25, -0.2) is 0 Å². The highest BCUT2D eigenvalue weighted by Gasteiger charge is 2.34. The molecule has 2 saturated heterocycles. The molecule has 1 atom stereocenters. The Bertz CT molecular complexity index is 576. The molecule has 1 unspecified atom stereocenters. The smallest absolute Gasteiger partial charge is 0.240 e. The van der Waals surface area contributed by atoms with E-state index in [1.807, 2.05) is 29.2 Å². The molecule has 3 rings (SSSR count). The second-order valence-corrected chi connectivity index (χ2v) is 5.88. The fourth-order valence-electron chi connectivity index (χ4n) is 3.26. The molecule has 0 bridgehead atoms. The first-order valence-electron chi connectivity index (χ1n) is 7.87. The van der Waals surface area contributed by atoms with Gasteiger partial charge in [0.1, 0.15) is 0 Å². The number of hydrogen-bond acceptors (Lipinski definition) is 4. The normalized spacial score (nSPS) is 22.5. The molecule has 2 fully saturated rings. The Labute approximate surface area is 131 Å². The Morgan fingerprint density at radius 3 is 2.91 bits per heavy atom. The SMILES string of the molecule is N#Cc1cccc(CN2CCCC2C(=O)N2CCOCC2)c1. The van der Waals surface area contributed by atoms with Crippen molar-refractivity contribution in [2.75, 3.05) is 32.8 Å². The molecule has 0 aliphatic carbocycles. The average molecular weight is 299 g/mol. The van der Waals surface area contributed by atoms with Crippen LogP contribution in [0.3, 0.4) is 0 Å². The lowest BCUT2D eigenvalue weighted by molar-refractivity contribution is -0.140. The highest BCUT2D eigenvalue weighted by Crippen LogP contribution is 2.22. The molecule has 0 radical (unpaired) electrons. The van der Waals surface area contributed by atoms with E-state index in [1.165, 1.54) is 0 Å². The molecule has 22 heavy (non-hydrogen) atoms. The van der Waals surface area contributed by atoms with Gasteiger partial charge in [0.05, 0.1) is 30.9 Å². The molecule has 2 aliphatic heterocycles. The first-order chi connectivity index (χ1) is 10.8. The van der Waals surface area contributed by atoms with Crippen LogP contribution in [0.15, 0.2) is 24.3 Å². The van der Waals surface area contributed by atoms with Crippen molar-refractivity contribution in [3.63, 3.8) is 0 Å². The summed E-state index contributed by atoms with van der Waals surface area (Å²) in [5.74, 6) is 0.234. The van der Waals surface area contributed by atoms with Crippen LogP contribution in [0, 0.1) is 11.3 Å². The summed E-state index contributed by atoms with van der Waals surface area (Å²) < 4.78 is 5.32. The van der Waals surface area contributed by atoms with Crippen LogP contribution in [0.2, 0.25) is 0 Å². The molecule has 0 aromatic heterocycles. The number of ether oxygens (including phenoxy) is 1. The number of carbonyl (C=O) groups is 1. The summed E-state index contributed by atoms with van der Waals surface area (Å²) in [4.78, 5) is 16.9. The van der Waals surface area contributed by atoms with Gasteiger partial charge in [-0.3, -0.25) is 9.69 Å². The van der Waals surface area contributed by atoms with Crippen molar-refractivity contribution in [3.8, 4) is 6.07 Å². The third-order valence-electron chi connectivity index (χ3n) is 4.41. The zero-order chi connectivity index (χ0) is 15.4. The standard InChI is InChI=1S/C17H21N3O2/c18-12-14-3-1-4-15(11-14)13-20-6-2-5-16(20)17(21)19-7-9-22-10-8-19/h1,3-4,11,16H,2,5-10,13H2. The first kappa shape index (κ1) is 15.0. The van der Waals surface area contributed by atoms with Crippen molar-refractivity contribution in [2.24, 2.45) is 0 Å². The topological polar surface area (TPSA) is 56.6 Å². The van der Waals surface area contributed by atoms with Gasteiger partial charge in [0.2, 0.25) is 5.91 Å². The van der Waals surface area contributed by atoms with E-state index in [4.69, 9.17) is 10.00 Å². The summed E-state index contributed by atoms with van der Waals surface area (Å²) in [5, 5.41) is 9.00. The van der Waals surface area contributed by atoms with Gasteiger partial charge >= 0.3 is 0 Å². The van der Waals surface area contributed by atoms with Gasteiger partial charge in [0, 0.05) is 19.6 Å². The van der Waals surface area contributed by atoms with E-state index in [0.29, 0.717) is 31.9 Å². The maximum Gasteiger partial charge on any atom is 0.240 e. The quantitative estimate of drug-likeness (QED) is 0.846. The third-order valence-corrected chi connectivity index (χ3v) is 4.41. The number of nitrogens with zero attached hydrogens (tertiary/aromatic N) is 3. The Kier molecular flexibility index (Phi) is 4.71. The second kappa shape index (κ2) is 6.91. The van der Waals surface area contributed by atoms with Gasteiger partial charge in [-0.05, 0) is 37.1 Å². The average Bonchev–Trinajstić information content (AvgIpc) is 3.03. The Morgan fingerprint density at radius 2 is 2.14 bits per heavy atom. The van der Waals surface area contributed by atoms with Gasteiger partial charge in [-0.1, -0.05) is 12.1 Å². The van der Waals surface area contributed by atoms with E-state index in [1.54, 1.807) is 0 Å². The third kappa shape index (κ3) is 3.29. The minimum Gasteiger partial charge on any atom is -0.378 e. The van der Waals surface area contributed by atoms with Gasteiger partial charge in [-0.2, -0.15) is 5.26 Å². The number of likely N-dealkylation sites (tertiary alicyclic amines) is 1. The summed E-state index contributed by atoms with van der Waals surface area (Å²) in [7, 11) is 0. The van der Waals surface area contributed by atoms with E-state index in [0.717, 1.165) is 31.5 Å².